The number of hydrogen-bond acceptors (Lipinski definition) is 5. The van der Waals surface area contributed by atoms with Crippen LogP contribution in [0.4, 0.5) is 11.4 Å². The number of rotatable bonds is 8. The zero-order chi connectivity index (χ0) is 24.0. The number of amides is 1. The third kappa shape index (κ3) is 6.04. The highest BCUT2D eigenvalue weighted by atomic mass is 35.5. The van der Waals surface area contributed by atoms with Gasteiger partial charge in [-0.2, -0.15) is 0 Å². The van der Waals surface area contributed by atoms with Gasteiger partial charge < -0.3 is 10.1 Å². The number of nitrogens with one attached hydrogen (secondary N) is 1. The summed E-state index contributed by atoms with van der Waals surface area (Å²) in [6, 6.07) is 18.1. The Bertz CT molecular complexity index is 1270. The molecule has 0 bridgehead atoms. The Morgan fingerprint density at radius 3 is 2.36 bits per heavy atom. The van der Waals surface area contributed by atoms with Crippen molar-refractivity contribution in [2.75, 3.05) is 22.8 Å². The van der Waals surface area contributed by atoms with Crippen LogP contribution < -0.4 is 9.62 Å². The molecule has 0 fully saturated rings. The van der Waals surface area contributed by atoms with Gasteiger partial charge in [0.15, 0.2) is 0 Å². The molecule has 33 heavy (non-hydrogen) atoms. The zero-order valence-electron chi connectivity index (χ0n) is 17.5. The Kier molecular flexibility index (Phi) is 7.97. The number of ether oxygens (including phenoxy) is 1. The predicted octanol–water partition coefficient (Wildman–Crippen LogP) is 5.00. The van der Waals surface area contributed by atoms with Crippen molar-refractivity contribution >= 4 is 56.5 Å². The summed E-state index contributed by atoms with van der Waals surface area (Å²) in [4.78, 5) is 24.8. The smallest absolute Gasteiger partial charge is 0.338 e. The number of esters is 1. The van der Waals surface area contributed by atoms with Gasteiger partial charge in [0.2, 0.25) is 5.91 Å². The summed E-state index contributed by atoms with van der Waals surface area (Å²) in [5.41, 5.74) is 0.661. The van der Waals surface area contributed by atoms with Gasteiger partial charge in [-0.25, -0.2) is 13.2 Å². The first kappa shape index (κ1) is 24.6. The molecule has 0 aliphatic heterocycles. The van der Waals surface area contributed by atoms with E-state index in [2.05, 4.69) is 5.32 Å². The Labute approximate surface area is 201 Å². The van der Waals surface area contributed by atoms with Crippen molar-refractivity contribution < 1.29 is 22.7 Å². The lowest BCUT2D eigenvalue weighted by Crippen LogP contribution is -2.38. The second-order valence-electron chi connectivity index (χ2n) is 6.77. The Hall–Kier alpha value is -3.07. The fourth-order valence-electron chi connectivity index (χ4n) is 2.97. The molecule has 0 aromatic heterocycles. The van der Waals surface area contributed by atoms with Crippen LogP contribution in [0.2, 0.25) is 10.0 Å². The number of hydrogen-bond donors (Lipinski definition) is 1. The first-order chi connectivity index (χ1) is 15.7. The third-order valence-corrected chi connectivity index (χ3v) is 6.77. The van der Waals surface area contributed by atoms with Crippen molar-refractivity contribution in [2.24, 2.45) is 0 Å². The van der Waals surface area contributed by atoms with Crippen molar-refractivity contribution in [1.82, 2.24) is 0 Å². The van der Waals surface area contributed by atoms with E-state index in [1.54, 1.807) is 43.3 Å². The maximum atomic E-state index is 13.4. The molecular formula is C23H20Cl2N2O5S. The molecule has 172 valence electrons. The fraction of sp³-hybridized carbons (Fsp3) is 0.130. The van der Waals surface area contributed by atoms with E-state index in [0.717, 1.165) is 4.31 Å². The van der Waals surface area contributed by atoms with E-state index in [9.17, 15) is 18.0 Å². The van der Waals surface area contributed by atoms with Crippen LogP contribution in [0.15, 0.2) is 77.7 Å². The summed E-state index contributed by atoms with van der Waals surface area (Å²) in [5.74, 6) is -1.17. The largest absolute Gasteiger partial charge is 0.462 e. The first-order valence-corrected chi connectivity index (χ1v) is 12.0. The summed E-state index contributed by atoms with van der Waals surface area (Å²) >= 11 is 12.2. The molecule has 0 radical (unpaired) electrons. The van der Waals surface area contributed by atoms with E-state index in [1.165, 1.54) is 36.4 Å². The Balaban J connectivity index is 1.92. The number of carbonyl (C=O) groups is 2. The Morgan fingerprint density at radius 2 is 1.70 bits per heavy atom. The van der Waals surface area contributed by atoms with Gasteiger partial charge in [-0.1, -0.05) is 47.5 Å². The highest BCUT2D eigenvalue weighted by Crippen LogP contribution is 2.32. The fourth-order valence-corrected chi connectivity index (χ4v) is 4.99. The first-order valence-electron chi connectivity index (χ1n) is 9.82. The van der Waals surface area contributed by atoms with Crippen molar-refractivity contribution in [1.29, 1.82) is 0 Å². The van der Waals surface area contributed by atoms with Crippen LogP contribution in [-0.2, 0) is 19.6 Å². The maximum Gasteiger partial charge on any atom is 0.338 e. The quantitative estimate of drug-likeness (QED) is 0.433. The number of carbonyl (C=O) groups excluding carboxylic acids is 2. The lowest BCUT2D eigenvalue weighted by atomic mass is 10.2. The van der Waals surface area contributed by atoms with Gasteiger partial charge in [0, 0.05) is 10.7 Å². The van der Waals surface area contributed by atoms with Crippen LogP contribution >= 0.6 is 23.2 Å². The molecule has 3 aromatic carbocycles. The van der Waals surface area contributed by atoms with Gasteiger partial charge >= 0.3 is 5.97 Å². The van der Waals surface area contributed by atoms with Crippen molar-refractivity contribution in [2.45, 2.75) is 11.8 Å². The predicted molar refractivity (Wildman–Crippen MR) is 128 cm³/mol. The zero-order valence-corrected chi connectivity index (χ0v) is 19.8. The minimum atomic E-state index is -4.13. The minimum Gasteiger partial charge on any atom is -0.462 e. The van der Waals surface area contributed by atoms with Crippen molar-refractivity contribution in [3.8, 4) is 0 Å². The van der Waals surface area contributed by atoms with Crippen LogP contribution in [0, 0.1) is 0 Å². The summed E-state index contributed by atoms with van der Waals surface area (Å²) in [5, 5.41) is 3.00. The van der Waals surface area contributed by atoms with E-state index < -0.39 is 28.4 Å². The van der Waals surface area contributed by atoms with E-state index in [0.29, 0.717) is 10.7 Å². The maximum absolute atomic E-state index is 13.4. The topological polar surface area (TPSA) is 92.8 Å². The number of benzene rings is 3. The van der Waals surface area contributed by atoms with Gasteiger partial charge in [0.25, 0.3) is 10.0 Å². The van der Waals surface area contributed by atoms with E-state index in [1.807, 2.05) is 0 Å². The number of halogens is 2. The highest BCUT2D eigenvalue weighted by molar-refractivity contribution is 7.92. The number of anilines is 2. The van der Waals surface area contributed by atoms with Gasteiger partial charge in [0.1, 0.15) is 6.54 Å². The molecule has 0 saturated carbocycles. The molecule has 0 aliphatic rings. The van der Waals surface area contributed by atoms with Crippen LogP contribution in [0.25, 0.3) is 0 Å². The minimum absolute atomic E-state index is 0.00637. The molecule has 1 N–H and O–H groups in total. The van der Waals surface area contributed by atoms with Gasteiger partial charge in [0.05, 0.1) is 27.8 Å². The van der Waals surface area contributed by atoms with Gasteiger partial charge in [-0.05, 0) is 55.5 Å². The summed E-state index contributed by atoms with van der Waals surface area (Å²) < 4.78 is 32.6. The SMILES string of the molecule is CCOC(=O)c1cccc(NC(=O)CN(c2ccc(Cl)cc2Cl)S(=O)(=O)c2ccccc2)c1. The molecule has 10 heteroatoms. The second kappa shape index (κ2) is 10.7. The number of nitrogens with zero attached hydrogens (tertiary/aromatic N) is 1. The molecular weight excluding hydrogens is 487 g/mol. The highest BCUT2D eigenvalue weighted by Gasteiger charge is 2.29. The van der Waals surface area contributed by atoms with E-state index in [-0.39, 0.29) is 27.8 Å². The molecule has 1 amide bonds. The summed E-state index contributed by atoms with van der Waals surface area (Å²) in [7, 11) is -4.13. The molecule has 0 aliphatic carbocycles. The summed E-state index contributed by atoms with van der Waals surface area (Å²) in [6.45, 7) is 1.33. The molecule has 7 nitrogen and oxygen atoms in total. The summed E-state index contributed by atoms with van der Waals surface area (Å²) in [6.07, 6.45) is 0. The average molecular weight is 507 g/mol. The van der Waals surface area contributed by atoms with Crippen molar-refractivity contribution in [3.63, 3.8) is 0 Å². The number of sulfonamides is 1. The van der Waals surface area contributed by atoms with Gasteiger partial charge in [-0.3, -0.25) is 9.10 Å². The molecule has 0 heterocycles. The van der Waals surface area contributed by atoms with Crippen LogP contribution in [-0.4, -0.2) is 33.4 Å². The molecule has 0 spiro atoms. The van der Waals surface area contributed by atoms with Crippen LogP contribution in [0.5, 0.6) is 0 Å². The second-order valence-corrected chi connectivity index (χ2v) is 9.48. The normalized spacial score (nSPS) is 11.0. The average Bonchev–Trinajstić information content (AvgIpc) is 2.79. The van der Waals surface area contributed by atoms with E-state index in [4.69, 9.17) is 27.9 Å². The van der Waals surface area contributed by atoms with Gasteiger partial charge in [-0.15, -0.1) is 0 Å². The Morgan fingerprint density at radius 1 is 0.970 bits per heavy atom. The molecule has 3 rings (SSSR count). The molecule has 0 saturated heterocycles. The lowest BCUT2D eigenvalue weighted by molar-refractivity contribution is -0.114. The lowest BCUT2D eigenvalue weighted by Gasteiger charge is -2.25. The van der Waals surface area contributed by atoms with Crippen LogP contribution in [0.1, 0.15) is 17.3 Å². The van der Waals surface area contributed by atoms with Crippen molar-refractivity contribution in [3.05, 3.63) is 88.4 Å². The van der Waals surface area contributed by atoms with Crippen LogP contribution in [0.3, 0.4) is 0 Å². The molecule has 3 aromatic rings. The third-order valence-electron chi connectivity index (χ3n) is 4.45. The monoisotopic (exact) mass is 506 g/mol. The standard InChI is InChI=1S/C23H20Cl2N2O5S/c1-2-32-23(29)16-7-6-8-18(13-16)26-22(28)15-27(21-12-11-17(24)14-20(21)25)33(30,31)19-9-4-3-5-10-19/h3-14H,2,15H2,1H3,(H,26,28). The molecule has 0 atom stereocenters. The van der Waals surface area contributed by atoms with E-state index >= 15 is 0 Å². The molecule has 0 unspecified atom stereocenters.